The van der Waals surface area contributed by atoms with Crippen LogP contribution in [0.2, 0.25) is 0 Å². The Bertz CT molecular complexity index is 1160. The number of carbonyl (C=O) groups is 3. The van der Waals surface area contributed by atoms with Gasteiger partial charge in [-0.25, -0.2) is 4.79 Å². The van der Waals surface area contributed by atoms with Crippen molar-refractivity contribution in [1.82, 2.24) is 5.32 Å². The van der Waals surface area contributed by atoms with Crippen molar-refractivity contribution in [2.45, 2.75) is 32.6 Å². The summed E-state index contributed by atoms with van der Waals surface area (Å²) in [6.45, 7) is 3.75. The van der Waals surface area contributed by atoms with Crippen LogP contribution < -0.4 is 5.32 Å². The molecule has 0 saturated carbocycles. The zero-order chi connectivity index (χ0) is 22.1. The standard InChI is InChI=1S/C25H23NO5/c1-3-31-25(30)20-14(2)26-23-17-10-6-7-11-18(17)24(29)22(23)21(20)16-9-5-4-8-15(16)12-13-19(27)28/h4-11,21,26H,3,12-13H2,1-2H3,(H,27,28). The molecule has 0 bridgehead atoms. The number of dihydropyridines is 1. The summed E-state index contributed by atoms with van der Waals surface area (Å²) in [5, 5.41) is 12.4. The van der Waals surface area contributed by atoms with Gasteiger partial charge in [-0.3, -0.25) is 9.59 Å². The fraction of sp³-hybridized carbons (Fsp3) is 0.240. The number of aliphatic carboxylic acids is 1. The van der Waals surface area contributed by atoms with E-state index in [2.05, 4.69) is 5.32 Å². The second kappa shape index (κ2) is 8.22. The number of benzene rings is 2. The maximum atomic E-state index is 13.5. The van der Waals surface area contributed by atoms with Crippen molar-refractivity contribution in [3.05, 3.63) is 87.6 Å². The van der Waals surface area contributed by atoms with E-state index in [-0.39, 0.29) is 18.8 Å². The third-order valence-corrected chi connectivity index (χ3v) is 5.72. The molecule has 6 heteroatoms. The van der Waals surface area contributed by atoms with Crippen molar-refractivity contribution in [3.63, 3.8) is 0 Å². The summed E-state index contributed by atoms with van der Waals surface area (Å²) < 4.78 is 5.34. The van der Waals surface area contributed by atoms with Crippen molar-refractivity contribution in [2.75, 3.05) is 6.61 Å². The van der Waals surface area contributed by atoms with E-state index in [9.17, 15) is 19.5 Å². The van der Waals surface area contributed by atoms with E-state index < -0.39 is 17.9 Å². The lowest BCUT2D eigenvalue weighted by Gasteiger charge is -2.30. The molecule has 158 valence electrons. The van der Waals surface area contributed by atoms with Gasteiger partial charge in [-0.2, -0.15) is 0 Å². The van der Waals surface area contributed by atoms with E-state index in [0.717, 1.165) is 16.7 Å². The van der Waals surface area contributed by atoms with Crippen LogP contribution in [0.25, 0.3) is 5.70 Å². The summed E-state index contributed by atoms with van der Waals surface area (Å²) >= 11 is 0. The first-order chi connectivity index (χ1) is 14.9. The quantitative estimate of drug-likeness (QED) is 0.694. The van der Waals surface area contributed by atoms with E-state index in [1.807, 2.05) is 42.5 Å². The molecule has 0 aromatic heterocycles. The minimum Gasteiger partial charge on any atom is -0.481 e. The van der Waals surface area contributed by atoms with E-state index in [1.54, 1.807) is 19.9 Å². The van der Waals surface area contributed by atoms with Gasteiger partial charge in [0.2, 0.25) is 0 Å². The highest BCUT2D eigenvalue weighted by Crippen LogP contribution is 2.47. The number of Topliss-reactive ketones (excluding diaryl/α,β-unsaturated/α-hetero) is 1. The third kappa shape index (κ3) is 3.54. The molecule has 31 heavy (non-hydrogen) atoms. The van der Waals surface area contributed by atoms with Gasteiger partial charge < -0.3 is 15.2 Å². The molecular weight excluding hydrogens is 394 g/mol. The molecular formula is C25H23NO5. The number of rotatable bonds is 6. The number of fused-ring (bicyclic) bond motifs is 2. The van der Waals surface area contributed by atoms with Gasteiger partial charge >= 0.3 is 11.9 Å². The SMILES string of the molecule is CCOC(=O)C1=C(C)NC2=C(C(=O)c3ccccc32)C1c1ccccc1CCC(=O)O. The summed E-state index contributed by atoms with van der Waals surface area (Å²) in [5.41, 5.74) is 5.14. The number of carboxylic acid groups (broad SMARTS) is 1. The summed E-state index contributed by atoms with van der Waals surface area (Å²) in [6, 6.07) is 14.8. The monoisotopic (exact) mass is 417 g/mol. The van der Waals surface area contributed by atoms with Crippen LogP contribution in [0.1, 0.15) is 53.2 Å². The first-order valence-corrected chi connectivity index (χ1v) is 10.3. The fourth-order valence-corrected chi connectivity index (χ4v) is 4.40. The molecule has 2 aromatic rings. The predicted octanol–water partition coefficient (Wildman–Crippen LogP) is 3.84. The lowest BCUT2D eigenvalue weighted by molar-refractivity contribution is -0.139. The molecule has 0 spiro atoms. The lowest BCUT2D eigenvalue weighted by Crippen LogP contribution is -2.30. The Hall–Kier alpha value is -3.67. The molecule has 1 aliphatic heterocycles. The van der Waals surface area contributed by atoms with Crippen molar-refractivity contribution < 1.29 is 24.2 Å². The second-order valence-corrected chi connectivity index (χ2v) is 7.57. The minimum absolute atomic E-state index is 0.0422. The Morgan fingerprint density at radius 1 is 1.06 bits per heavy atom. The number of allylic oxidation sites excluding steroid dienone is 2. The van der Waals surface area contributed by atoms with Gasteiger partial charge in [0, 0.05) is 34.7 Å². The average Bonchev–Trinajstić information content (AvgIpc) is 3.03. The second-order valence-electron chi connectivity index (χ2n) is 7.57. The van der Waals surface area contributed by atoms with Crippen LogP contribution in [-0.2, 0) is 20.7 Å². The Morgan fingerprint density at radius 3 is 2.45 bits per heavy atom. The lowest BCUT2D eigenvalue weighted by atomic mass is 9.77. The molecule has 1 unspecified atom stereocenters. The van der Waals surface area contributed by atoms with Gasteiger partial charge in [0.15, 0.2) is 5.78 Å². The summed E-state index contributed by atoms with van der Waals surface area (Å²) in [4.78, 5) is 37.6. The molecule has 2 aromatic carbocycles. The van der Waals surface area contributed by atoms with Gasteiger partial charge in [0.25, 0.3) is 0 Å². The first kappa shape index (κ1) is 20.6. The molecule has 1 atom stereocenters. The van der Waals surface area contributed by atoms with Crippen molar-refractivity contribution in [1.29, 1.82) is 0 Å². The molecule has 6 nitrogen and oxygen atoms in total. The number of nitrogens with one attached hydrogen (secondary N) is 1. The van der Waals surface area contributed by atoms with Gasteiger partial charge in [0.1, 0.15) is 0 Å². The Balaban J connectivity index is 1.91. The largest absolute Gasteiger partial charge is 0.481 e. The first-order valence-electron chi connectivity index (χ1n) is 10.3. The van der Waals surface area contributed by atoms with Gasteiger partial charge in [-0.1, -0.05) is 48.5 Å². The number of ketones is 1. The van der Waals surface area contributed by atoms with Crippen LogP contribution in [-0.4, -0.2) is 29.4 Å². The topological polar surface area (TPSA) is 92.7 Å². The van der Waals surface area contributed by atoms with Gasteiger partial charge in [0.05, 0.1) is 17.9 Å². The number of ether oxygens (including phenoxy) is 1. The van der Waals surface area contributed by atoms with E-state index in [4.69, 9.17) is 4.74 Å². The van der Waals surface area contributed by atoms with Gasteiger partial charge in [-0.15, -0.1) is 0 Å². The number of esters is 1. The highest BCUT2D eigenvalue weighted by atomic mass is 16.5. The van der Waals surface area contributed by atoms with Crippen molar-refractivity contribution >= 4 is 23.4 Å². The zero-order valence-corrected chi connectivity index (χ0v) is 17.4. The van der Waals surface area contributed by atoms with Crippen LogP contribution in [0.4, 0.5) is 0 Å². The van der Waals surface area contributed by atoms with Gasteiger partial charge in [-0.05, 0) is 31.4 Å². The third-order valence-electron chi connectivity index (χ3n) is 5.72. The van der Waals surface area contributed by atoms with E-state index in [0.29, 0.717) is 34.5 Å². The predicted molar refractivity (Wildman–Crippen MR) is 115 cm³/mol. The molecule has 0 saturated heterocycles. The summed E-state index contributed by atoms with van der Waals surface area (Å²) in [6.07, 6.45) is 0.258. The number of carboxylic acids is 1. The highest BCUT2D eigenvalue weighted by Gasteiger charge is 2.43. The van der Waals surface area contributed by atoms with E-state index >= 15 is 0 Å². The fourth-order valence-electron chi connectivity index (χ4n) is 4.40. The Labute approximate surface area is 180 Å². The highest BCUT2D eigenvalue weighted by molar-refractivity contribution is 6.23. The number of carbonyl (C=O) groups excluding carboxylic acids is 2. The van der Waals surface area contributed by atoms with Crippen molar-refractivity contribution in [3.8, 4) is 0 Å². The molecule has 0 radical (unpaired) electrons. The van der Waals surface area contributed by atoms with Crippen molar-refractivity contribution in [2.24, 2.45) is 0 Å². The Kier molecular flexibility index (Phi) is 5.46. The normalized spacial score (nSPS) is 17.2. The van der Waals surface area contributed by atoms with Crippen LogP contribution in [0.15, 0.2) is 65.4 Å². The maximum Gasteiger partial charge on any atom is 0.336 e. The zero-order valence-electron chi connectivity index (χ0n) is 17.4. The molecule has 0 amide bonds. The average molecular weight is 417 g/mol. The van der Waals surface area contributed by atoms with Crippen LogP contribution in [0, 0.1) is 0 Å². The van der Waals surface area contributed by atoms with E-state index in [1.165, 1.54) is 0 Å². The number of hydrogen-bond donors (Lipinski definition) is 2. The molecule has 4 rings (SSSR count). The minimum atomic E-state index is -0.901. The molecule has 2 aliphatic rings. The molecule has 2 N–H and O–H groups in total. The summed E-state index contributed by atoms with van der Waals surface area (Å²) in [5.74, 6) is -2.16. The molecule has 1 heterocycles. The Morgan fingerprint density at radius 2 is 1.74 bits per heavy atom. The number of aryl methyl sites for hydroxylation is 1. The molecule has 1 aliphatic carbocycles. The smallest absolute Gasteiger partial charge is 0.336 e. The maximum absolute atomic E-state index is 13.5. The van der Waals surface area contributed by atoms with Crippen LogP contribution in [0.3, 0.4) is 0 Å². The number of hydrogen-bond acceptors (Lipinski definition) is 5. The van der Waals surface area contributed by atoms with Crippen LogP contribution >= 0.6 is 0 Å². The summed E-state index contributed by atoms with van der Waals surface area (Å²) in [7, 11) is 0. The molecule has 0 fully saturated rings. The van der Waals surface area contributed by atoms with Crippen LogP contribution in [0.5, 0.6) is 0 Å².